The van der Waals surface area contributed by atoms with Gasteiger partial charge in [-0.15, -0.1) is 0 Å². The van der Waals surface area contributed by atoms with Gasteiger partial charge in [0.15, 0.2) is 0 Å². The van der Waals surface area contributed by atoms with Crippen LogP contribution in [0.15, 0.2) is 42.6 Å². The van der Waals surface area contributed by atoms with Gasteiger partial charge in [-0.2, -0.15) is 0 Å². The Morgan fingerprint density at radius 1 is 1.19 bits per heavy atom. The molecule has 2 heterocycles. The molecule has 26 heavy (non-hydrogen) atoms. The quantitative estimate of drug-likeness (QED) is 0.744. The zero-order chi connectivity index (χ0) is 18.2. The fourth-order valence-corrected chi connectivity index (χ4v) is 3.05. The van der Waals surface area contributed by atoms with Crippen molar-refractivity contribution in [3.63, 3.8) is 0 Å². The first-order chi connectivity index (χ1) is 12.7. The van der Waals surface area contributed by atoms with Gasteiger partial charge in [0, 0.05) is 45.0 Å². The van der Waals surface area contributed by atoms with Crippen molar-refractivity contribution in [3.8, 4) is 0 Å². The Morgan fingerprint density at radius 3 is 2.77 bits per heavy atom. The third kappa shape index (κ3) is 5.82. The van der Waals surface area contributed by atoms with Gasteiger partial charge >= 0.3 is 6.03 Å². The van der Waals surface area contributed by atoms with E-state index in [0.29, 0.717) is 12.2 Å². The van der Waals surface area contributed by atoms with E-state index in [9.17, 15) is 4.79 Å². The third-order valence-electron chi connectivity index (χ3n) is 4.48. The molecule has 1 aliphatic heterocycles. The molecule has 138 valence electrons. The van der Waals surface area contributed by atoms with Gasteiger partial charge in [-0.25, -0.2) is 4.79 Å². The largest absolute Gasteiger partial charge is 0.338 e. The van der Waals surface area contributed by atoms with Crippen LogP contribution in [0.5, 0.6) is 0 Å². The molecule has 1 aromatic heterocycles. The van der Waals surface area contributed by atoms with E-state index in [1.54, 1.807) is 6.20 Å². The summed E-state index contributed by atoms with van der Waals surface area (Å²) in [5.41, 5.74) is 4.21. The maximum Gasteiger partial charge on any atom is 0.319 e. The second kappa shape index (κ2) is 9.31. The average molecular weight is 353 g/mol. The van der Waals surface area contributed by atoms with Gasteiger partial charge in [0.2, 0.25) is 0 Å². The summed E-state index contributed by atoms with van der Waals surface area (Å²) in [6.07, 6.45) is 2.48. The molecule has 0 aliphatic carbocycles. The second-order valence-electron chi connectivity index (χ2n) is 6.67. The normalized spacial score (nSPS) is 14.8. The maximum atomic E-state index is 12.0. The fraction of sp³-hybridized carbons (Fsp3) is 0.400. The number of nitrogens with one attached hydrogen (secondary N) is 3. The Balaban J connectivity index is 1.43. The summed E-state index contributed by atoms with van der Waals surface area (Å²) in [5, 5.41) is 9.07. The van der Waals surface area contributed by atoms with Crippen molar-refractivity contribution in [1.29, 1.82) is 0 Å². The van der Waals surface area contributed by atoms with Crippen LogP contribution in [0.2, 0.25) is 0 Å². The molecule has 6 heteroatoms. The minimum atomic E-state index is -0.201. The van der Waals surface area contributed by atoms with Crippen molar-refractivity contribution >= 4 is 11.7 Å². The number of amides is 2. The number of benzene rings is 1. The standard InChI is InChI=1S/C20H27N5O/c1-16-5-6-19(14-23-16)24-20(26)22-8-7-17-3-2-4-18(13-17)15-25-11-9-21-10-12-25/h2-6,13-14,21H,7-12,15H2,1H3,(H2,22,24,26). The highest BCUT2D eigenvalue weighted by atomic mass is 16.2. The first-order valence-electron chi connectivity index (χ1n) is 9.17. The molecule has 0 spiro atoms. The lowest BCUT2D eigenvalue weighted by atomic mass is 10.1. The van der Waals surface area contributed by atoms with Crippen molar-refractivity contribution in [3.05, 3.63) is 59.4 Å². The van der Waals surface area contributed by atoms with E-state index in [1.807, 2.05) is 19.1 Å². The summed E-state index contributed by atoms with van der Waals surface area (Å²) in [6.45, 7) is 7.83. The van der Waals surface area contributed by atoms with Crippen LogP contribution < -0.4 is 16.0 Å². The van der Waals surface area contributed by atoms with Gasteiger partial charge in [-0.3, -0.25) is 9.88 Å². The van der Waals surface area contributed by atoms with Gasteiger partial charge in [0.05, 0.1) is 11.9 Å². The molecule has 1 fully saturated rings. The van der Waals surface area contributed by atoms with E-state index >= 15 is 0 Å². The fourth-order valence-electron chi connectivity index (χ4n) is 3.05. The minimum absolute atomic E-state index is 0.201. The van der Waals surface area contributed by atoms with Crippen LogP contribution in [-0.2, 0) is 13.0 Å². The summed E-state index contributed by atoms with van der Waals surface area (Å²) < 4.78 is 0. The Bertz CT molecular complexity index is 710. The van der Waals surface area contributed by atoms with Crippen molar-refractivity contribution in [2.75, 3.05) is 38.0 Å². The van der Waals surface area contributed by atoms with Crippen molar-refractivity contribution in [2.24, 2.45) is 0 Å². The third-order valence-corrected chi connectivity index (χ3v) is 4.48. The maximum absolute atomic E-state index is 12.0. The molecule has 0 saturated carbocycles. The van der Waals surface area contributed by atoms with E-state index in [-0.39, 0.29) is 6.03 Å². The number of piperazine rings is 1. The SMILES string of the molecule is Cc1ccc(NC(=O)NCCc2cccc(CN3CCNCC3)c2)cn1. The first kappa shape index (κ1) is 18.4. The van der Waals surface area contributed by atoms with Crippen molar-refractivity contribution in [1.82, 2.24) is 20.5 Å². The van der Waals surface area contributed by atoms with Gasteiger partial charge in [-0.1, -0.05) is 24.3 Å². The number of hydrogen-bond acceptors (Lipinski definition) is 4. The topological polar surface area (TPSA) is 69.3 Å². The Labute approximate surface area is 155 Å². The van der Waals surface area contributed by atoms with Crippen LogP contribution in [0.3, 0.4) is 0 Å². The number of aromatic nitrogens is 1. The molecule has 3 rings (SSSR count). The van der Waals surface area contributed by atoms with Crippen LogP contribution in [0.1, 0.15) is 16.8 Å². The van der Waals surface area contributed by atoms with Crippen molar-refractivity contribution < 1.29 is 4.79 Å². The molecule has 0 radical (unpaired) electrons. The Kier molecular flexibility index (Phi) is 6.57. The van der Waals surface area contributed by atoms with Crippen LogP contribution >= 0.6 is 0 Å². The minimum Gasteiger partial charge on any atom is -0.338 e. The van der Waals surface area contributed by atoms with E-state index in [2.05, 4.69) is 50.1 Å². The summed E-state index contributed by atoms with van der Waals surface area (Å²) in [4.78, 5) is 18.6. The summed E-state index contributed by atoms with van der Waals surface area (Å²) in [7, 11) is 0. The highest BCUT2D eigenvalue weighted by Crippen LogP contribution is 2.10. The van der Waals surface area contributed by atoms with E-state index in [0.717, 1.165) is 44.8 Å². The van der Waals surface area contributed by atoms with Crippen LogP contribution in [0.25, 0.3) is 0 Å². The van der Waals surface area contributed by atoms with Gasteiger partial charge in [0.25, 0.3) is 0 Å². The van der Waals surface area contributed by atoms with E-state index in [1.165, 1.54) is 11.1 Å². The van der Waals surface area contributed by atoms with Crippen molar-refractivity contribution in [2.45, 2.75) is 19.9 Å². The molecule has 0 unspecified atom stereocenters. The van der Waals surface area contributed by atoms with Gasteiger partial charge in [0.1, 0.15) is 0 Å². The molecular weight excluding hydrogens is 326 g/mol. The van der Waals surface area contributed by atoms with Crippen LogP contribution in [-0.4, -0.2) is 48.6 Å². The number of urea groups is 1. The monoisotopic (exact) mass is 353 g/mol. The van der Waals surface area contributed by atoms with Gasteiger partial charge < -0.3 is 16.0 Å². The number of hydrogen-bond donors (Lipinski definition) is 3. The highest BCUT2D eigenvalue weighted by molar-refractivity contribution is 5.88. The molecule has 1 aliphatic rings. The van der Waals surface area contributed by atoms with Crippen LogP contribution in [0.4, 0.5) is 10.5 Å². The Hall–Kier alpha value is -2.44. The first-order valence-corrected chi connectivity index (χ1v) is 9.17. The lowest BCUT2D eigenvalue weighted by Gasteiger charge is -2.27. The lowest BCUT2D eigenvalue weighted by Crippen LogP contribution is -2.42. The number of aryl methyl sites for hydroxylation is 1. The predicted octanol–water partition coefficient (Wildman–Crippen LogP) is 2.16. The smallest absolute Gasteiger partial charge is 0.319 e. The second-order valence-corrected chi connectivity index (χ2v) is 6.67. The molecule has 1 saturated heterocycles. The average Bonchev–Trinajstić information content (AvgIpc) is 2.65. The summed E-state index contributed by atoms with van der Waals surface area (Å²) in [6, 6.07) is 12.2. The number of carbonyl (C=O) groups excluding carboxylic acids is 1. The molecule has 2 aromatic rings. The number of nitrogens with zero attached hydrogens (tertiary/aromatic N) is 2. The number of anilines is 1. The summed E-state index contributed by atoms with van der Waals surface area (Å²) in [5.74, 6) is 0. The molecule has 2 amide bonds. The van der Waals surface area contributed by atoms with Crippen LogP contribution in [0, 0.1) is 6.92 Å². The number of rotatable bonds is 6. The number of carbonyl (C=O) groups is 1. The zero-order valence-electron chi connectivity index (χ0n) is 15.3. The predicted molar refractivity (Wildman–Crippen MR) is 104 cm³/mol. The summed E-state index contributed by atoms with van der Waals surface area (Å²) >= 11 is 0. The highest BCUT2D eigenvalue weighted by Gasteiger charge is 2.10. The molecule has 6 nitrogen and oxygen atoms in total. The molecule has 1 aromatic carbocycles. The molecular formula is C20H27N5O. The van der Waals surface area contributed by atoms with Gasteiger partial charge in [-0.05, 0) is 36.6 Å². The molecule has 0 bridgehead atoms. The Morgan fingerprint density at radius 2 is 2.00 bits per heavy atom. The van der Waals surface area contributed by atoms with E-state index < -0.39 is 0 Å². The number of pyridine rings is 1. The zero-order valence-corrected chi connectivity index (χ0v) is 15.3. The molecule has 3 N–H and O–H groups in total. The van der Waals surface area contributed by atoms with E-state index in [4.69, 9.17) is 0 Å². The lowest BCUT2D eigenvalue weighted by molar-refractivity contribution is 0.233. The molecule has 0 atom stereocenters.